The Labute approximate surface area is 127 Å². The molecule has 0 aliphatic heterocycles. The van der Waals surface area contributed by atoms with Crippen molar-refractivity contribution < 1.29 is 14.3 Å². The van der Waals surface area contributed by atoms with Crippen LogP contribution in [0.2, 0.25) is 5.02 Å². The van der Waals surface area contributed by atoms with Crippen LogP contribution in [0.5, 0.6) is 0 Å². The first kappa shape index (κ1) is 15.3. The molecule has 0 aliphatic carbocycles. The summed E-state index contributed by atoms with van der Waals surface area (Å²) in [4.78, 5) is 12.7. The van der Waals surface area contributed by atoms with E-state index in [0.29, 0.717) is 18.1 Å². The predicted molar refractivity (Wildman–Crippen MR) is 81.2 cm³/mol. The van der Waals surface area contributed by atoms with E-state index in [1.165, 1.54) is 12.1 Å². The molecular weight excluding hydrogens is 293 g/mol. The highest BCUT2D eigenvalue weighted by Gasteiger charge is 2.10. The standard InChI is InChI=1S/C16H15ClFNO2/c17-13-2-1-3-15(10-13)19(9-8-16(20)21)11-12-4-6-14(18)7-5-12/h1-7,10H,8-9,11H2,(H,20,21). The maximum absolute atomic E-state index is 12.9. The summed E-state index contributed by atoms with van der Waals surface area (Å²) in [6.07, 6.45) is 0.0215. The molecule has 21 heavy (non-hydrogen) atoms. The normalized spacial score (nSPS) is 10.4. The second kappa shape index (κ2) is 7.09. The van der Waals surface area contributed by atoms with Gasteiger partial charge in [0, 0.05) is 23.8 Å². The number of hydrogen-bond donors (Lipinski definition) is 1. The highest BCUT2D eigenvalue weighted by Crippen LogP contribution is 2.22. The highest BCUT2D eigenvalue weighted by molar-refractivity contribution is 6.30. The van der Waals surface area contributed by atoms with E-state index in [9.17, 15) is 9.18 Å². The molecule has 0 aromatic heterocycles. The van der Waals surface area contributed by atoms with E-state index >= 15 is 0 Å². The van der Waals surface area contributed by atoms with Crippen LogP contribution >= 0.6 is 11.6 Å². The zero-order chi connectivity index (χ0) is 15.2. The Bertz CT molecular complexity index is 616. The Kier molecular flexibility index (Phi) is 5.17. The summed E-state index contributed by atoms with van der Waals surface area (Å²) in [5.74, 6) is -1.15. The smallest absolute Gasteiger partial charge is 0.305 e. The van der Waals surface area contributed by atoms with Crippen LogP contribution in [0.3, 0.4) is 0 Å². The lowest BCUT2D eigenvalue weighted by Crippen LogP contribution is -2.25. The fourth-order valence-corrected chi connectivity index (χ4v) is 2.20. The van der Waals surface area contributed by atoms with Crippen molar-refractivity contribution in [1.29, 1.82) is 0 Å². The number of nitrogens with zero attached hydrogens (tertiary/aromatic N) is 1. The molecule has 1 N–H and O–H groups in total. The highest BCUT2D eigenvalue weighted by atomic mass is 35.5. The summed E-state index contributed by atoms with van der Waals surface area (Å²) in [5, 5.41) is 9.45. The summed E-state index contributed by atoms with van der Waals surface area (Å²) in [7, 11) is 0. The van der Waals surface area contributed by atoms with Crippen LogP contribution in [0.15, 0.2) is 48.5 Å². The van der Waals surface area contributed by atoms with Gasteiger partial charge in [0.15, 0.2) is 0 Å². The quantitative estimate of drug-likeness (QED) is 0.878. The van der Waals surface area contributed by atoms with Crippen molar-refractivity contribution in [3.8, 4) is 0 Å². The first-order chi connectivity index (χ1) is 10.0. The van der Waals surface area contributed by atoms with Crippen LogP contribution in [0.25, 0.3) is 0 Å². The first-order valence-corrected chi connectivity index (χ1v) is 6.89. The van der Waals surface area contributed by atoms with Gasteiger partial charge in [-0.05, 0) is 35.9 Å². The number of anilines is 1. The lowest BCUT2D eigenvalue weighted by atomic mass is 10.2. The fourth-order valence-electron chi connectivity index (χ4n) is 2.01. The Morgan fingerprint density at radius 1 is 1.19 bits per heavy atom. The van der Waals surface area contributed by atoms with Crippen LogP contribution in [-0.2, 0) is 11.3 Å². The number of halogens is 2. The Balaban J connectivity index is 2.19. The van der Waals surface area contributed by atoms with E-state index < -0.39 is 5.97 Å². The summed E-state index contributed by atoms with van der Waals surface area (Å²) in [6, 6.07) is 13.4. The third kappa shape index (κ3) is 4.76. The molecule has 5 heteroatoms. The maximum atomic E-state index is 12.9. The molecule has 2 rings (SSSR count). The number of carboxylic acid groups (broad SMARTS) is 1. The monoisotopic (exact) mass is 307 g/mol. The van der Waals surface area contributed by atoms with Crippen LogP contribution in [0.4, 0.5) is 10.1 Å². The van der Waals surface area contributed by atoms with Gasteiger partial charge in [-0.3, -0.25) is 4.79 Å². The van der Waals surface area contributed by atoms with Gasteiger partial charge in [0.2, 0.25) is 0 Å². The summed E-state index contributed by atoms with van der Waals surface area (Å²) in [6.45, 7) is 0.848. The van der Waals surface area contributed by atoms with Crippen LogP contribution in [-0.4, -0.2) is 17.6 Å². The second-order valence-corrected chi connectivity index (χ2v) is 5.11. The Hall–Kier alpha value is -2.07. The van der Waals surface area contributed by atoms with Gasteiger partial charge in [-0.15, -0.1) is 0 Å². The Morgan fingerprint density at radius 3 is 2.52 bits per heavy atom. The largest absolute Gasteiger partial charge is 0.481 e. The predicted octanol–water partition coefficient (Wildman–Crippen LogP) is 3.96. The van der Waals surface area contributed by atoms with Gasteiger partial charge in [0.25, 0.3) is 0 Å². The van der Waals surface area contributed by atoms with Crippen LogP contribution in [0, 0.1) is 5.82 Å². The van der Waals surface area contributed by atoms with Crippen molar-refractivity contribution in [3.63, 3.8) is 0 Å². The molecular formula is C16H15ClFNO2. The van der Waals surface area contributed by atoms with E-state index in [1.54, 1.807) is 24.3 Å². The molecule has 0 bridgehead atoms. The van der Waals surface area contributed by atoms with Crippen molar-refractivity contribution in [3.05, 3.63) is 64.9 Å². The van der Waals surface area contributed by atoms with Crippen molar-refractivity contribution in [1.82, 2.24) is 0 Å². The molecule has 0 spiro atoms. The number of rotatable bonds is 6. The minimum atomic E-state index is -0.860. The van der Waals surface area contributed by atoms with Gasteiger partial charge >= 0.3 is 5.97 Å². The van der Waals surface area contributed by atoms with Gasteiger partial charge in [-0.1, -0.05) is 29.8 Å². The van der Waals surface area contributed by atoms with Crippen molar-refractivity contribution in [2.75, 3.05) is 11.4 Å². The number of carbonyl (C=O) groups is 1. The van der Waals surface area contributed by atoms with E-state index in [1.807, 2.05) is 17.0 Å². The number of carboxylic acids is 1. The fraction of sp³-hybridized carbons (Fsp3) is 0.188. The molecule has 0 fully saturated rings. The first-order valence-electron chi connectivity index (χ1n) is 6.51. The number of benzene rings is 2. The third-order valence-electron chi connectivity index (χ3n) is 3.06. The number of aliphatic carboxylic acids is 1. The van der Waals surface area contributed by atoms with Crippen molar-refractivity contribution in [2.45, 2.75) is 13.0 Å². The van der Waals surface area contributed by atoms with Crippen LogP contribution < -0.4 is 4.90 Å². The lowest BCUT2D eigenvalue weighted by molar-refractivity contribution is -0.136. The Morgan fingerprint density at radius 2 is 1.90 bits per heavy atom. The van der Waals surface area contributed by atoms with E-state index in [4.69, 9.17) is 16.7 Å². The summed E-state index contributed by atoms with van der Waals surface area (Å²) < 4.78 is 12.9. The minimum Gasteiger partial charge on any atom is -0.481 e. The molecule has 2 aromatic carbocycles. The van der Waals surface area contributed by atoms with Gasteiger partial charge in [-0.25, -0.2) is 4.39 Å². The van der Waals surface area contributed by atoms with Gasteiger partial charge in [-0.2, -0.15) is 0 Å². The second-order valence-electron chi connectivity index (χ2n) is 4.67. The van der Waals surface area contributed by atoms with Gasteiger partial charge in [0.1, 0.15) is 5.82 Å². The molecule has 3 nitrogen and oxygen atoms in total. The van der Waals surface area contributed by atoms with E-state index in [2.05, 4.69) is 0 Å². The molecule has 0 saturated heterocycles. The minimum absolute atomic E-state index is 0.0215. The van der Waals surface area contributed by atoms with Crippen molar-refractivity contribution in [2.24, 2.45) is 0 Å². The lowest BCUT2D eigenvalue weighted by Gasteiger charge is -2.24. The van der Waals surface area contributed by atoms with Crippen molar-refractivity contribution >= 4 is 23.3 Å². The molecule has 110 valence electrons. The SMILES string of the molecule is O=C(O)CCN(Cc1ccc(F)cc1)c1cccc(Cl)c1. The number of hydrogen-bond acceptors (Lipinski definition) is 2. The molecule has 0 aliphatic rings. The van der Waals surface area contributed by atoms with Crippen LogP contribution in [0.1, 0.15) is 12.0 Å². The topological polar surface area (TPSA) is 40.5 Å². The molecule has 0 atom stereocenters. The molecule has 0 unspecified atom stereocenters. The third-order valence-corrected chi connectivity index (χ3v) is 3.29. The molecule has 0 amide bonds. The molecule has 2 aromatic rings. The summed E-state index contributed by atoms with van der Waals surface area (Å²) >= 11 is 5.98. The van der Waals surface area contributed by atoms with E-state index in [-0.39, 0.29) is 12.2 Å². The molecule has 0 radical (unpaired) electrons. The average Bonchev–Trinajstić information content (AvgIpc) is 2.45. The average molecular weight is 308 g/mol. The maximum Gasteiger partial charge on any atom is 0.305 e. The summed E-state index contributed by atoms with van der Waals surface area (Å²) in [5.41, 5.74) is 1.75. The van der Waals surface area contributed by atoms with Gasteiger partial charge in [0.05, 0.1) is 6.42 Å². The molecule has 0 saturated carbocycles. The zero-order valence-electron chi connectivity index (χ0n) is 11.3. The van der Waals surface area contributed by atoms with Gasteiger partial charge < -0.3 is 10.0 Å². The zero-order valence-corrected chi connectivity index (χ0v) is 12.1. The molecule has 0 heterocycles. The van der Waals surface area contributed by atoms with E-state index in [0.717, 1.165) is 11.3 Å².